The van der Waals surface area contributed by atoms with E-state index in [9.17, 15) is 14.7 Å². The van der Waals surface area contributed by atoms with Crippen molar-refractivity contribution in [2.75, 3.05) is 0 Å². The van der Waals surface area contributed by atoms with E-state index in [1.54, 1.807) is 0 Å². The molecule has 0 saturated heterocycles. The van der Waals surface area contributed by atoms with Crippen LogP contribution in [0.4, 0.5) is 0 Å². The van der Waals surface area contributed by atoms with Crippen LogP contribution in [0.15, 0.2) is 24.3 Å². The van der Waals surface area contributed by atoms with Gasteiger partial charge in [-0.15, -0.1) is 11.3 Å². The molecule has 2 aromatic heterocycles. The number of primary amides is 1. The van der Waals surface area contributed by atoms with E-state index in [-0.39, 0.29) is 4.88 Å². The number of amides is 1. The van der Waals surface area contributed by atoms with Crippen LogP contribution in [0.2, 0.25) is 0 Å². The maximum atomic E-state index is 11.9. The van der Waals surface area contributed by atoms with Gasteiger partial charge in [-0.2, -0.15) is 0 Å². The number of nitrogens with zero attached hydrogens (tertiary/aromatic N) is 1. The van der Waals surface area contributed by atoms with Gasteiger partial charge < -0.3 is 15.8 Å². The molecule has 27 heavy (non-hydrogen) atoms. The van der Waals surface area contributed by atoms with E-state index in [1.807, 2.05) is 45.0 Å². The van der Waals surface area contributed by atoms with Crippen LogP contribution in [0.3, 0.4) is 0 Å². The minimum atomic E-state index is -0.992. The number of nitrogens with two attached hydrogens (primary N) is 1. The fourth-order valence-electron chi connectivity index (χ4n) is 3.61. The number of aromatic amines is 1. The first-order valence-corrected chi connectivity index (χ1v) is 9.17. The van der Waals surface area contributed by atoms with Gasteiger partial charge in [-0.05, 0) is 43.5 Å². The summed E-state index contributed by atoms with van der Waals surface area (Å²) >= 11 is 1.22. The Bertz CT molecular complexity index is 1270. The maximum absolute atomic E-state index is 11.9. The molecule has 7 heteroatoms. The molecule has 0 bridgehead atoms. The number of carbonyl (C=O) groups is 2. The zero-order chi connectivity index (χ0) is 19.5. The van der Waals surface area contributed by atoms with Gasteiger partial charge in [-0.3, -0.25) is 4.79 Å². The highest BCUT2D eigenvalue weighted by molar-refractivity contribution is 7.21. The average Bonchev–Trinajstić information content (AvgIpc) is 3.21. The molecule has 1 amide bonds. The minimum absolute atomic E-state index is 0.234. The summed E-state index contributed by atoms with van der Waals surface area (Å²) in [7, 11) is 0. The van der Waals surface area contributed by atoms with E-state index >= 15 is 0 Å². The Kier molecular flexibility index (Phi) is 3.78. The van der Waals surface area contributed by atoms with E-state index in [2.05, 4.69) is 9.97 Å². The second-order valence-electron chi connectivity index (χ2n) is 6.53. The summed E-state index contributed by atoms with van der Waals surface area (Å²) in [5, 5.41) is 10.5. The maximum Gasteiger partial charge on any atom is 0.346 e. The number of hydrogen-bond donors (Lipinski definition) is 3. The van der Waals surface area contributed by atoms with Crippen molar-refractivity contribution in [3.63, 3.8) is 0 Å². The molecule has 2 heterocycles. The number of fused-ring (bicyclic) bond motifs is 2. The molecule has 0 aliphatic carbocycles. The highest BCUT2D eigenvalue weighted by atomic mass is 32.1. The lowest BCUT2D eigenvalue weighted by molar-refractivity contribution is 0.0702. The topological polar surface area (TPSA) is 109 Å². The fourth-order valence-corrected chi connectivity index (χ4v) is 4.65. The molecule has 6 nitrogen and oxygen atoms in total. The van der Waals surface area contributed by atoms with Crippen molar-refractivity contribution >= 4 is 44.3 Å². The molecule has 2 aromatic carbocycles. The summed E-state index contributed by atoms with van der Waals surface area (Å²) in [6.45, 7) is 5.56. The molecule has 136 valence electrons. The summed E-state index contributed by atoms with van der Waals surface area (Å²) in [5.41, 5.74) is 10.4. The Morgan fingerprint density at radius 2 is 1.81 bits per heavy atom. The van der Waals surface area contributed by atoms with Crippen molar-refractivity contribution in [1.82, 2.24) is 9.97 Å². The Hall–Kier alpha value is -3.19. The van der Waals surface area contributed by atoms with Crippen molar-refractivity contribution in [3.8, 4) is 11.4 Å². The number of hydrogen-bond acceptors (Lipinski definition) is 4. The molecule has 0 fully saturated rings. The van der Waals surface area contributed by atoms with E-state index in [4.69, 9.17) is 5.73 Å². The largest absolute Gasteiger partial charge is 0.477 e. The van der Waals surface area contributed by atoms with Crippen LogP contribution in [-0.2, 0) is 0 Å². The van der Waals surface area contributed by atoms with Gasteiger partial charge in [0, 0.05) is 15.6 Å². The summed E-state index contributed by atoms with van der Waals surface area (Å²) < 4.78 is 0.882. The number of aromatic nitrogens is 2. The number of imidazole rings is 1. The Labute approximate surface area is 158 Å². The normalized spacial score (nSPS) is 11.4. The zero-order valence-corrected chi connectivity index (χ0v) is 15.8. The molecule has 0 aliphatic rings. The minimum Gasteiger partial charge on any atom is -0.477 e. The van der Waals surface area contributed by atoms with E-state index < -0.39 is 11.9 Å². The highest BCUT2D eigenvalue weighted by Gasteiger charge is 2.24. The number of carboxylic acids is 1. The van der Waals surface area contributed by atoms with Crippen LogP contribution in [0.1, 0.15) is 36.7 Å². The van der Waals surface area contributed by atoms with Gasteiger partial charge in [0.2, 0.25) is 5.91 Å². The SMILES string of the molecule is Cc1c(C(N)=O)c(C)c2nc(-c3c(C(=O)O)sc4ccccc34)[nH]c2c1C. The molecule has 0 spiro atoms. The Morgan fingerprint density at radius 1 is 1.11 bits per heavy atom. The number of carboxylic acid groups (broad SMARTS) is 1. The number of nitrogens with one attached hydrogen (secondary N) is 1. The Morgan fingerprint density at radius 3 is 2.48 bits per heavy atom. The number of carbonyl (C=O) groups excluding carboxylic acids is 1. The van der Waals surface area contributed by atoms with Gasteiger partial charge in [0.1, 0.15) is 10.7 Å². The van der Waals surface area contributed by atoms with Crippen molar-refractivity contribution in [3.05, 3.63) is 51.4 Å². The first-order valence-electron chi connectivity index (χ1n) is 8.35. The highest BCUT2D eigenvalue weighted by Crippen LogP contribution is 2.39. The molecular weight excluding hydrogens is 362 g/mol. The van der Waals surface area contributed by atoms with Gasteiger partial charge in [0.05, 0.1) is 16.6 Å². The van der Waals surface area contributed by atoms with Crippen molar-refractivity contribution in [1.29, 1.82) is 0 Å². The number of thiophene rings is 1. The Balaban J connectivity index is 2.10. The fraction of sp³-hybridized carbons (Fsp3) is 0.150. The summed E-state index contributed by atoms with van der Waals surface area (Å²) in [6, 6.07) is 7.54. The second-order valence-corrected chi connectivity index (χ2v) is 7.58. The first-order chi connectivity index (χ1) is 12.8. The van der Waals surface area contributed by atoms with E-state index in [0.29, 0.717) is 28.0 Å². The van der Waals surface area contributed by atoms with Gasteiger partial charge in [-0.1, -0.05) is 18.2 Å². The lowest BCUT2D eigenvalue weighted by Gasteiger charge is -2.10. The molecule has 0 radical (unpaired) electrons. The number of rotatable bonds is 3. The van der Waals surface area contributed by atoms with Gasteiger partial charge >= 0.3 is 5.97 Å². The van der Waals surface area contributed by atoms with Crippen molar-refractivity contribution in [2.45, 2.75) is 20.8 Å². The summed E-state index contributed by atoms with van der Waals surface area (Å²) in [5.74, 6) is -1.01. The van der Waals surface area contributed by atoms with Crippen LogP contribution in [0, 0.1) is 20.8 Å². The molecule has 4 rings (SSSR count). The average molecular weight is 379 g/mol. The molecule has 0 aliphatic heterocycles. The van der Waals surface area contributed by atoms with Crippen LogP contribution in [0.5, 0.6) is 0 Å². The number of aryl methyl sites for hydroxylation is 2. The summed E-state index contributed by atoms with van der Waals surface area (Å²) in [6.07, 6.45) is 0. The van der Waals surface area contributed by atoms with Crippen LogP contribution in [0.25, 0.3) is 32.5 Å². The van der Waals surface area contributed by atoms with E-state index in [0.717, 1.165) is 26.7 Å². The smallest absolute Gasteiger partial charge is 0.346 e. The molecule has 0 saturated carbocycles. The standard InChI is InChI=1S/C20H17N3O3S/c1-8-9(2)15-16(10(3)13(8)18(21)24)23-19(22-15)14-11-6-4-5-7-12(11)27-17(14)20(25)26/h4-7H,1-3H3,(H2,21,24)(H,22,23)(H,25,26). The third kappa shape index (κ3) is 2.43. The first kappa shape index (κ1) is 17.2. The zero-order valence-electron chi connectivity index (χ0n) is 15.0. The molecule has 0 unspecified atom stereocenters. The quantitative estimate of drug-likeness (QED) is 0.496. The van der Waals surface area contributed by atoms with Crippen molar-refractivity contribution < 1.29 is 14.7 Å². The predicted molar refractivity (Wildman–Crippen MR) is 107 cm³/mol. The van der Waals surface area contributed by atoms with Gasteiger partial charge in [0.25, 0.3) is 0 Å². The van der Waals surface area contributed by atoms with Crippen LogP contribution >= 0.6 is 11.3 Å². The lowest BCUT2D eigenvalue weighted by atomic mass is 9.96. The molecule has 4 aromatic rings. The predicted octanol–water partition coefficient (Wildman–Crippen LogP) is 4.17. The van der Waals surface area contributed by atoms with Crippen LogP contribution in [-0.4, -0.2) is 27.0 Å². The number of aromatic carboxylic acids is 1. The molecule has 0 atom stereocenters. The molecular formula is C20H17N3O3S. The third-order valence-electron chi connectivity index (χ3n) is 5.02. The summed E-state index contributed by atoms with van der Waals surface area (Å²) in [4.78, 5) is 31.9. The third-order valence-corrected chi connectivity index (χ3v) is 6.18. The number of benzene rings is 2. The monoisotopic (exact) mass is 379 g/mol. The molecule has 4 N–H and O–H groups in total. The number of H-pyrrole nitrogens is 1. The van der Waals surface area contributed by atoms with E-state index in [1.165, 1.54) is 11.3 Å². The second kappa shape index (κ2) is 5.92. The lowest BCUT2D eigenvalue weighted by Crippen LogP contribution is -2.15. The van der Waals surface area contributed by atoms with Gasteiger partial charge in [-0.25, -0.2) is 9.78 Å². The van der Waals surface area contributed by atoms with Crippen LogP contribution < -0.4 is 5.73 Å². The van der Waals surface area contributed by atoms with Gasteiger partial charge in [0.15, 0.2) is 0 Å². The van der Waals surface area contributed by atoms with Crippen molar-refractivity contribution in [2.24, 2.45) is 5.73 Å².